The number of carbonyl (C=O) groups is 3. The lowest BCUT2D eigenvalue weighted by atomic mass is 9.97. The predicted octanol–water partition coefficient (Wildman–Crippen LogP) is 2.10. The van der Waals surface area contributed by atoms with Crippen LogP contribution in [0.1, 0.15) is 32.1 Å². The van der Waals surface area contributed by atoms with Crippen LogP contribution in [0.3, 0.4) is 0 Å². The Morgan fingerprint density at radius 1 is 1.03 bits per heavy atom. The van der Waals surface area contributed by atoms with Crippen LogP contribution in [0.15, 0.2) is 35.9 Å². The summed E-state index contributed by atoms with van der Waals surface area (Å²) in [6.45, 7) is 4.41. The lowest BCUT2D eigenvalue weighted by molar-refractivity contribution is -0.159. The number of anilines is 2. The number of nitrogens with one attached hydrogen (secondary N) is 2. The van der Waals surface area contributed by atoms with E-state index in [0.29, 0.717) is 6.54 Å². The van der Waals surface area contributed by atoms with E-state index in [1.165, 1.54) is 31.3 Å². The van der Waals surface area contributed by atoms with Crippen LogP contribution in [-0.2, 0) is 19.1 Å². The standard InChI is InChI=1S/C20H29N3O2.C2H2O4/c24-20(16-21-11-10-17-6-2-1-3-7-17)22-18-8-4-5-9-19(18)23-12-14-25-15-13-23;3-1(4)2(5)6/h4-6,8-9,21H,1-3,7,10-16H2,(H,22,24);(H,3,4)(H,5,6). The zero-order valence-electron chi connectivity index (χ0n) is 17.6. The van der Waals surface area contributed by atoms with Gasteiger partial charge < -0.3 is 30.5 Å². The van der Waals surface area contributed by atoms with E-state index in [1.54, 1.807) is 0 Å². The number of benzene rings is 1. The van der Waals surface area contributed by atoms with Crippen molar-refractivity contribution in [1.29, 1.82) is 0 Å². The molecule has 2 aliphatic rings. The van der Waals surface area contributed by atoms with Crippen LogP contribution in [0.2, 0.25) is 0 Å². The number of rotatable bonds is 7. The first kappa shape index (κ1) is 24.4. The summed E-state index contributed by atoms with van der Waals surface area (Å²) in [5.41, 5.74) is 3.49. The fourth-order valence-electron chi connectivity index (χ4n) is 3.44. The molecular weight excluding hydrogens is 402 g/mol. The number of aliphatic carboxylic acids is 2. The third-order valence-corrected chi connectivity index (χ3v) is 5.01. The molecule has 0 bridgehead atoms. The molecule has 0 atom stereocenters. The third-order valence-electron chi connectivity index (χ3n) is 5.01. The van der Waals surface area contributed by atoms with E-state index < -0.39 is 11.9 Å². The number of carboxylic acid groups (broad SMARTS) is 2. The molecule has 1 aliphatic carbocycles. The number of hydrogen-bond donors (Lipinski definition) is 4. The molecule has 170 valence electrons. The monoisotopic (exact) mass is 433 g/mol. The van der Waals surface area contributed by atoms with Crippen molar-refractivity contribution in [2.75, 3.05) is 49.6 Å². The largest absolute Gasteiger partial charge is 0.473 e. The zero-order valence-corrected chi connectivity index (χ0v) is 17.6. The number of para-hydroxylation sites is 2. The summed E-state index contributed by atoms with van der Waals surface area (Å²) >= 11 is 0. The van der Waals surface area contributed by atoms with E-state index in [-0.39, 0.29) is 5.91 Å². The summed E-state index contributed by atoms with van der Waals surface area (Å²) in [7, 11) is 0. The molecule has 0 saturated carbocycles. The second-order valence-electron chi connectivity index (χ2n) is 7.31. The van der Waals surface area contributed by atoms with Crippen molar-refractivity contribution in [3.05, 3.63) is 35.9 Å². The summed E-state index contributed by atoms with van der Waals surface area (Å²) in [6, 6.07) is 8.00. The first-order chi connectivity index (χ1) is 15.0. The Balaban J connectivity index is 0.000000501. The molecule has 0 unspecified atom stereocenters. The second kappa shape index (κ2) is 13.4. The van der Waals surface area contributed by atoms with Crippen molar-refractivity contribution in [2.45, 2.75) is 32.1 Å². The minimum atomic E-state index is -1.82. The summed E-state index contributed by atoms with van der Waals surface area (Å²) < 4.78 is 5.41. The summed E-state index contributed by atoms with van der Waals surface area (Å²) in [5, 5.41) is 21.1. The molecule has 0 radical (unpaired) electrons. The van der Waals surface area contributed by atoms with E-state index in [2.05, 4.69) is 27.7 Å². The fourth-order valence-corrected chi connectivity index (χ4v) is 3.44. The molecule has 1 aromatic carbocycles. The summed E-state index contributed by atoms with van der Waals surface area (Å²) in [5.74, 6) is -3.64. The van der Waals surface area contributed by atoms with Crippen molar-refractivity contribution in [3.8, 4) is 0 Å². The van der Waals surface area contributed by atoms with Crippen molar-refractivity contribution < 1.29 is 29.3 Å². The number of carbonyl (C=O) groups excluding carboxylic acids is 1. The van der Waals surface area contributed by atoms with Crippen molar-refractivity contribution >= 4 is 29.2 Å². The Kier molecular flexibility index (Phi) is 10.5. The van der Waals surface area contributed by atoms with Gasteiger partial charge in [-0.15, -0.1) is 0 Å². The Bertz CT molecular complexity index is 762. The number of amides is 1. The van der Waals surface area contributed by atoms with Crippen LogP contribution in [0.4, 0.5) is 11.4 Å². The predicted molar refractivity (Wildman–Crippen MR) is 117 cm³/mol. The van der Waals surface area contributed by atoms with E-state index in [4.69, 9.17) is 24.5 Å². The van der Waals surface area contributed by atoms with Gasteiger partial charge in [-0.2, -0.15) is 0 Å². The SMILES string of the molecule is O=C(CNCCC1=CCCCC1)Nc1ccccc1N1CCOCC1.O=C(O)C(=O)O. The number of hydrogen-bond acceptors (Lipinski definition) is 6. The quantitative estimate of drug-likeness (QED) is 0.292. The van der Waals surface area contributed by atoms with Gasteiger partial charge in [-0.05, 0) is 50.8 Å². The molecular formula is C22H31N3O6. The molecule has 9 heteroatoms. The molecule has 0 aromatic heterocycles. The highest BCUT2D eigenvalue weighted by molar-refractivity contribution is 6.27. The van der Waals surface area contributed by atoms with Crippen LogP contribution >= 0.6 is 0 Å². The van der Waals surface area contributed by atoms with Gasteiger partial charge in [-0.3, -0.25) is 4.79 Å². The van der Waals surface area contributed by atoms with Gasteiger partial charge in [0.1, 0.15) is 0 Å². The maximum Gasteiger partial charge on any atom is 0.414 e. The van der Waals surface area contributed by atoms with Gasteiger partial charge in [0.25, 0.3) is 0 Å². The molecule has 1 aliphatic heterocycles. The van der Waals surface area contributed by atoms with Crippen molar-refractivity contribution in [2.24, 2.45) is 0 Å². The molecule has 1 aromatic rings. The Morgan fingerprint density at radius 2 is 1.74 bits per heavy atom. The topological polar surface area (TPSA) is 128 Å². The average molecular weight is 434 g/mol. The van der Waals surface area contributed by atoms with Gasteiger partial charge in [-0.25, -0.2) is 9.59 Å². The van der Waals surface area contributed by atoms with Crippen LogP contribution in [0.5, 0.6) is 0 Å². The van der Waals surface area contributed by atoms with E-state index in [0.717, 1.165) is 50.6 Å². The van der Waals surface area contributed by atoms with Gasteiger partial charge in [0.2, 0.25) is 5.91 Å². The van der Waals surface area contributed by atoms with Gasteiger partial charge in [0, 0.05) is 13.1 Å². The molecule has 1 amide bonds. The summed E-state index contributed by atoms with van der Waals surface area (Å²) in [6.07, 6.45) is 8.49. The molecule has 3 rings (SSSR count). The zero-order chi connectivity index (χ0) is 22.5. The van der Waals surface area contributed by atoms with E-state index in [9.17, 15) is 4.79 Å². The minimum absolute atomic E-state index is 0.0123. The molecule has 1 fully saturated rings. The smallest absolute Gasteiger partial charge is 0.414 e. The van der Waals surface area contributed by atoms with Gasteiger partial charge in [0.15, 0.2) is 0 Å². The molecule has 0 spiro atoms. The normalized spacial score (nSPS) is 15.9. The van der Waals surface area contributed by atoms with Crippen LogP contribution in [-0.4, -0.2) is 67.5 Å². The fraction of sp³-hybridized carbons (Fsp3) is 0.500. The third kappa shape index (κ3) is 9.18. The Labute approximate surface area is 182 Å². The Hall–Kier alpha value is -2.91. The highest BCUT2D eigenvalue weighted by atomic mass is 16.5. The van der Waals surface area contributed by atoms with Gasteiger partial charge in [-0.1, -0.05) is 23.8 Å². The molecule has 1 heterocycles. The highest BCUT2D eigenvalue weighted by Crippen LogP contribution is 2.26. The van der Waals surface area contributed by atoms with E-state index >= 15 is 0 Å². The van der Waals surface area contributed by atoms with Crippen LogP contribution in [0.25, 0.3) is 0 Å². The molecule has 31 heavy (non-hydrogen) atoms. The minimum Gasteiger partial charge on any atom is -0.473 e. The van der Waals surface area contributed by atoms with Crippen molar-refractivity contribution in [1.82, 2.24) is 5.32 Å². The number of morpholine rings is 1. The number of carboxylic acids is 2. The average Bonchev–Trinajstić information content (AvgIpc) is 2.79. The molecule has 4 N–H and O–H groups in total. The molecule has 1 saturated heterocycles. The van der Waals surface area contributed by atoms with Crippen LogP contribution < -0.4 is 15.5 Å². The van der Waals surface area contributed by atoms with Gasteiger partial charge in [0.05, 0.1) is 31.1 Å². The summed E-state index contributed by atoms with van der Waals surface area (Å²) in [4.78, 5) is 32.7. The lowest BCUT2D eigenvalue weighted by Crippen LogP contribution is -2.37. The lowest BCUT2D eigenvalue weighted by Gasteiger charge is -2.30. The highest BCUT2D eigenvalue weighted by Gasteiger charge is 2.15. The second-order valence-corrected chi connectivity index (χ2v) is 7.31. The van der Waals surface area contributed by atoms with Crippen LogP contribution in [0, 0.1) is 0 Å². The number of ether oxygens (including phenoxy) is 1. The maximum absolute atomic E-state index is 12.3. The van der Waals surface area contributed by atoms with Crippen molar-refractivity contribution in [3.63, 3.8) is 0 Å². The maximum atomic E-state index is 12.3. The first-order valence-electron chi connectivity index (χ1n) is 10.5. The number of allylic oxidation sites excluding steroid dienone is 1. The van der Waals surface area contributed by atoms with E-state index in [1.807, 2.05) is 18.2 Å². The Morgan fingerprint density at radius 3 is 2.39 bits per heavy atom. The van der Waals surface area contributed by atoms with Gasteiger partial charge >= 0.3 is 11.9 Å². The number of nitrogens with zero attached hydrogens (tertiary/aromatic N) is 1. The first-order valence-corrected chi connectivity index (χ1v) is 10.5. The molecule has 9 nitrogen and oxygen atoms in total.